The summed E-state index contributed by atoms with van der Waals surface area (Å²) >= 11 is 4.77. The van der Waals surface area contributed by atoms with Gasteiger partial charge in [-0.05, 0) is 24.6 Å². The van der Waals surface area contributed by atoms with Gasteiger partial charge in [0, 0.05) is 29.6 Å². The molecule has 0 aromatic rings. The van der Waals surface area contributed by atoms with Crippen molar-refractivity contribution in [2.45, 2.75) is 33.6 Å². The third kappa shape index (κ3) is 2.47. The van der Waals surface area contributed by atoms with E-state index < -0.39 is 5.41 Å². The van der Waals surface area contributed by atoms with E-state index in [1.54, 1.807) is 0 Å². The molecule has 1 heterocycles. The molecule has 1 aliphatic heterocycles. The summed E-state index contributed by atoms with van der Waals surface area (Å²) < 4.78 is 0. The van der Waals surface area contributed by atoms with Crippen molar-refractivity contribution in [1.82, 2.24) is 10.6 Å². The number of carbonyl (C=O) groups excluding carboxylic acids is 2. The van der Waals surface area contributed by atoms with Crippen LogP contribution in [0.15, 0.2) is 0 Å². The molecule has 2 N–H and O–H groups in total. The van der Waals surface area contributed by atoms with Crippen LogP contribution in [0.4, 0.5) is 0 Å². The van der Waals surface area contributed by atoms with Gasteiger partial charge in [-0.1, -0.05) is 27.2 Å². The van der Waals surface area contributed by atoms with Crippen LogP contribution in [-0.4, -0.2) is 46.5 Å². The number of nitrogens with one attached hydrogen (secondary N) is 2. The number of thiocarbonyl (C=S) groups is 1. The van der Waals surface area contributed by atoms with Crippen LogP contribution in [0.1, 0.15) is 33.6 Å². The third-order valence-corrected chi connectivity index (χ3v) is 3.48. The smallest absolute Gasteiger partial charge is 0.242 e. The summed E-state index contributed by atoms with van der Waals surface area (Å²) in [5, 5.41) is 5.16. The fourth-order valence-electron chi connectivity index (χ4n) is 2.03. The molecule has 1 rings (SSSR count). The Kier molecular flexibility index (Phi) is 6.11. The first-order valence-corrected chi connectivity index (χ1v) is 5.56. The molecular weight excluding hydrogens is 235 g/mol. The van der Waals surface area contributed by atoms with Crippen molar-refractivity contribution in [3.8, 4) is 0 Å². The van der Waals surface area contributed by atoms with Gasteiger partial charge in [-0.15, -0.1) is 0 Å². The molecule has 1 radical (unpaired) electrons. The van der Waals surface area contributed by atoms with Crippen molar-refractivity contribution in [3.63, 3.8) is 0 Å². The van der Waals surface area contributed by atoms with Gasteiger partial charge in [0.1, 0.15) is 5.41 Å². The van der Waals surface area contributed by atoms with Crippen LogP contribution >= 0.6 is 12.2 Å². The minimum atomic E-state index is -0.961. The Labute approximate surface area is 123 Å². The molecule has 1 saturated heterocycles. The topological polar surface area (TPSA) is 58.2 Å². The Morgan fingerprint density at radius 3 is 2.00 bits per heavy atom. The Morgan fingerprint density at radius 2 is 1.69 bits per heavy atom. The third-order valence-electron chi connectivity index (χ3n) is 3.28. The Balaban J connectivity index is 0.00000225. The van der Waals surface area contributed by atoms with Crippen molar-refractivity contribution in [2.24, 2.45) is 11.3 Å². The average Bonchev–Trinajstić information content (AvgIpc) is 2.17. The maximum absolute atomic E-state index is 11.9. The van der Waals surface area contributed by atoms with Gasteiger partial charge in [-0.3, -0.25) is 9.59 Å². The minimum Gasteiger partial charge on any atom is -0.302 e. The minimum absolute atomic E-state index is 0. The summed E-state index contributed by atoms with van der Waals surface area (Å²) in [7, 11) is 0. The number of hydrogen-bond acceptors (Lipinski definition) is 3. The molecule has 1 fully saturated rings. The van der Waals surface area contributed by atoms with Gasteiger partial charge in [-0.2, -0.15) is 0 Å². The van der Waals surface area contributed by atoms with Gasteiger partial charge >= 0.3 is 0 Å². The van der Waals surface area contributed by atoms with Crippen molar-refractivity contribution >= 4 is 58.7 Å². The summed E-state index contributed by atoms with van der Waals surface area (Å²) in [5.74, 6) is -0.535. The van der Waals surface area contributed by atoms with E-state index in [9.17, 15) is 9.59 Å². The summed E-state index contributed by atoms with van der Waals surface area (Å²) in [6, 6.07) is 0. The number of hydrogen-bond donors (Lipinski definition) is 2. The molecule has 4 nitrogen and oxygen atoms in total. The monoisotopic (exact) mass is 251 g/mol. The molecule has 1 aliphatic rings. The van der Waals surface area contributed by atoms with Gasteiger partial charge in [0.05, 0.1) is 0 Å². The normalized spacial score (nSPS) is 20.6. The Morgan fingerprint density at radius 1 is 1.25 bits per heavy atom. The summed E-state index contributed by atoms with van der Waals surface area (Å²) in [4.78, 5) is 23.8. The van der Waals surface area contributed by atoms with E-state index in [4.69, 9.17) is 12.2 Å². The molecule has 16 heavy (non-hydrogen) atoms. The van der Waals surface area contributed by atoms with E-state index >= 15 is 0 Å². The van der Waals surface area contributed by atoms with Gasteiger partial charge in [0.2, 0.25) is 11.8 Å². The fraction of sp³-hybridized carbons (Fsp3) is 0.700. The van der Waals surface area contributed by atoms with E-state index in [1.165, 1.54) is 0 Å². The zero-order valence-corrected chi connectivity index (χ0v) is 13.0. The molecule has 1 unspecified atom stereocenters. The zero-order valence-electron chi connectivity index (χ0n) is 10.2. The first-order valence-electron chi connectivity index (χ1n) is 5.15. The van der Waals surface area contributed by atoms with Crippen LogP contribution < -0.4 is 10.6 Å². The molecule has 0 aromatic carbocycles. The first-order chi connectivity index (χ1) is 6.98. The van der Waals surface area contributed by atoms with Gasteiger partial charge in [-0.25, -0.2) is 0 Å². The number of carbonyl (C=O) groups is 2. The molecule has 2 amide bonds. The number of amides is 2. The predicted octanol–water partition coefficient (Wildman–Crippen LogP) is 0.579. The standard InChI is InChI=1S/C10H16N2O2S.Na/c1-4-6(3)10(5-2)7(13)11-9(15)12-8(10)14;/h6H,4-5H2,1-3H3,(H2,11,12,13,14,15);. The SMILES string of the molecule is CCC(C)C1(CC)C(=O)NC(=S)NC1=O.[Na]. The van der Waals surface area contributed by atoms with E-state index in [-0.39, 0.29) is 52.4 Å². The van der Waals surface area contributed by atoms with Crippen molar-refractivity contribution in [1.29, 1.82) is 0 Å². The van der Waals surface area contributed by atoms with Crippen molar-refractivity contribution in [3.05, 3.63) is 0 Å². The molecule has 0 spiro atoms. The van der Waals surface area contributed by atoms with Crippen LogP contribution in [0, 0.1) is 11.3 Å². The maximum atomic E-state index is 11.9. The fourth-order valence-corrected chi connectivity index (χ4v) is 2.21. The summed E-state index contributed by atoms with van der Waals surface area (Å²) in [5.41, 5.74) is -0.961. The van der Waals surface area contributed by atoms with Crippen LogP contribution in [0.5, 0.6) is 0 Å². The molecule has 0 aromatic heterocycles. The summed E-state index contributed by atoms with van der Waals surface area (Å²) in [6.45, 7) is 5.73. The van der Waals surface area contributed by atoms with Crippen molar-refractivity contribution < 1.29 is 9.59 Å². The molecule has 0 saturated carbocycles. The average molecular weight is 251 g/mol. The zero-order chi connectivity index (χ0) is 11.6. The molecule has 0 aliphatic carbocycles. The number of rotatable bonds is 3. The second-order valence-electron chi connectivity index (χ2n) is 3.87. The van der Waals surface area contributed by atoms with Crippen LogP contribution in [0.3, 0.4) is 0 Å². The van der Waals surface area contributed by atoms with E-state index in [1.807, 2.05) is 20.8 Å². The van der Waals surface area contributed by atoms with Gasteiger partial charge in [0.25, 0.3) is 0 Å². The van der Waals surface area contributed by atoms with Crippen LogP contribution in [0.2, 0.25) is 0 Å². The maximum Gasteiger partial charge on any atom is 0.242 e. The summed E-state index contributed by atoms with van der Waals surface area (Å²) in [6.07, 6.45) is 1.27. The largest absolute Gasteiger partial charge is 0.302 e. The van der Waals surface area contributed by atoms with E-state index in [0.29, 0.717) is 6.42 Å². The Bertz CT molecular complexity index is 300. The molecule has 1 atom stereocenters. The molecular formula is C10H16N2NaO2S. The van der Waals surface area contributed by atoms with E-state index in [2.05, 4.69) is 10.6 Å². The molecule has 0 bridgehead atoms. The van der Waals surface area contributed by atoms with Crippen molar-refractivity contribution in [2.75, 3.05) is 0 Å². The van der Waals surface area contributed by atoms with Gasteiger partial charge in [0.15, 0.2) is 5.11 Å². The second kappa shape index (κ2) is 6.10. The quantitative estimate of drug-likeness (QED) is 0.438. The molecule has 6 heteroatoms. The van der Waals surface area contributed by atoms with Crippen LogP contribution in [-0.2, 0) is 9.59 Å². The molecule has 85 valence electrons. The van der Waals surface area contributed by atoms with E-state index in [0.717, 1.165) is 6.42 Å². The first kappa shape index (κ1) is 16.0. The predicted molar refractivity (Wildman–Crippen MR) is 66.8 cm³/mol. The Hall–Kier alpha value is 0.0300. The van der Waals surface area contributed by atoms with Crippen LogP contribution in [0.25, 0.3) is 0 Å². The van der Waals surface area contributed by atoms with Gasteiger partial charge < -0.3 is 10.6 Å². The second-order valence-corrected chi connectivity index (χ2v) is 4.28.